The van der Waals surface area contributed by atoms with Crippen LogP contribution in [0.5, 0.6) is 17.4 Å². The molecule has 0 saturated heterocycles. The van der Waals surface area contributed by atoms with Gasteiger partial charge in [-0.3, -0.25) is 15.1 Å². The molecule has 2 aromatic heterocycles. The Hall–Kier alpha value is -3.75. The van der Waals surface area contributed by atoms with Crippen molar-refractivity contribution in [1.82, 2.24) is 9.97 Å². The van der Waals surface area contributed by atoms with Gasteiger partial charge in [-0.2, -0.15) is 0 Å². The van der Waals surface area contributed by atoms with E-state index in [4.69, 9.17) is 14.2 Å². The van der Waals surface area contributed by atoms with Crippen LogP contribution in [-0.4, -0.2) is 35.1 Å². The van der Waals surface area contributed by atoms with Gasteiger partial charge in [0.2, 0.25) is 5.88 Å². The lowest BCUT2D eigenvalue weighted by Gasteiger charge is -2.11. The molecular formula is C17H13N3O6. The molecule has 3 rings (SSSR count). The molecule has 0 bridgehead atoms. The molecule has 0 atom stereocenters. The number of esters is 1. The van der Waals surface area contributed by atoms with Crippen LogP contribution in [-0.2, 0) is 4.74 Å². The Morgan fingerprint density at radius 3 is 2.54 bits per heavy atom. The molecule has 0 N–H and O–H groups in total. The highest BCUT2D eigenvalue weighted by Crippen LogP contribution is 2.33. The zero-order valence-electron chi connectivity index (χ0n) is 13.8. The average Bonchev–Trinajstić information content (AvgIpc) is 2.67. The van der Waals surface area contributed by atoms with Crippen molar-refractivity contribution >= 4 is 22.6 Å². The Morgan fingerprint density at radius 1 is 1.12 bits per heavy atom. The fourth-order valence-corrected chi connectivity index (χ4v) is 2.33. The molecule has 0 unspecified atom stereocenters. The van der Waals surface area contributed by atoms with Gasteiger partial charge in [-0.1, -0.05) is 0 Å². The predicted octanol–water partition coefficient (Wildman–Crippen LogP) is 3.13. The molecule has 2 heterocycles. The number of methoxy groups -OCH3 is 2. The van der Waals surface area contributed by atoms with Crippen molar-refractivity contribution in [3.8, 4) is 17.4 Å². The highest BCUT2D eigenvalue weighted by Gasteiger charge is 2.17. The third-order valence-electron chi connectivity index (χ3n) is 3.57. The van der Waals surface area contributed by atoms with Gasteiger partial charge in [-0.05, 0) is 12.1 Å². The number of rotatable bonds is 5. The molecule has 26 heavy (non-hydrogen) atoms. The summed E-state index contributed by atoms with van der Waals surface area (Å²) in [4.78, 5) is 30.3. The third kappa shape index (κ3) is 3.22. The molecule has 1 aromatic carbocycles. The molecule has 0 aliphatic rings. The van der Waals surface area contributed by atoms with Crippen LogP contribution in [0.3, 0.4) is 0 Å². The van der Waals surface area contributed by atoms with Crippen molar-refractivity contribution < 1.29 is 23.9 Å². The maximum absolute atomic E-state index is 12.0. The molecule has 0 radical (unpaired) electrons. The van der Waals surface area contributed by atoms with Gasteiger partial charge >= 0.3 is 5.97 Å². The molecule has 9 nitrogen and oxygen atoms in total. The molecule has 0 aliphatic heterocycles. The molecule has 0 spiro atoms. The number of carbonyl (C=O) groups excluding carboxylic acids is 1. The second-order valence-electron chi connectivity index (χ2n) is 5.08. The largest absolute Gasteiger partial charge is 0.496 e. The van der Waals surface area contributed by atoms with E-state index >= 15 is 0 Å². The van der Waals surface area contributed by atoms with Crippen molar-refractivity contribution in [3.63, 3.8) is 0 Å². The number of aromatic nitrogens is 2. The van der Waals surface area contributed by atoms with Crippen molar-refractivity contribution in [2.75, 3.05) is 14.2 Å². The number of hydrogen-bond acceptors (Lipinski definition) is 8. The number of nitro groups is 1. The Morgan fingerprint density at radius 2 is 1.92 bits per heavy atom. The van der Waals surface area contributed by atoms with E-state index in [2.05, 4.69) is 9.97 Å². The van der Waals surface area contributed by atoms with Gasteiger partial charge in [0.1, 0.15) is 23.3 Å². The van der Waals surface area contributed by atoms with Crippen molar-refractivity contribution in [2.45, 2.75) is 0 Å². The summed E-state index contributed by atoms with van der Waals surface area (Å²) >= 11 is 0. The second kappa shape index (κ2) is 7.01. The van der Waals surface area contributed by atoms with Crippen LogP contribution in [0.25, 0.3) is 10.9 Å². The first kappa shape index (κ1) is 17.1. The summed E-state index contributed by atoms with van der Waals surface area (Å²) in [5, 5.41) is 11.2. The lowest BCUT2D eigenvalue weighted by atomic mass is 10.1. The lowest BCUT2D eigenvalue weighted by molar-refractivity contribution is -0.385. The standard InChI is InChI=1S/C17H13N3O6/c1-24-15-8-13-11(7-12(15)17(21)25-2)14(5-6-18-13)26-16-4-3-10(9-19-16)20(22)23/h3-9H,1-2H3. The van der Waals surface area contributed by atoms with Crippen LogP contribution in [0, 0.1) is 10.1 Å². The second-order valence-corrected chi connectivity index (χ2v) is 5.08. The number of pyridine rings is 2. The van der Waals surface area contributed by atoms with Gasteiger partial charge in [-0.25, -0.2) is 9.78 Å². The number of hydrogen-bond donors (Lipinski definition) is 0. The molecule has 132 valence electrons. The minimum Gasteiger partial charge on any atom is -0.496 e. The SMILES string of the molecule is COC(=O)c1cc2c(Oc3ccc([N+](=O)[O-])cn3)ccnc2cc1OC. The lowest BCUT2D eigenvalue weighted by Crippen LogP contribution is -2.04. The first-order valence-electron chi connectivity index (χ1n) is 7.37. The van der Waals surface area contributed by atoms with Gasteiger partial charge in [0.25, 0.3) is 5.69 Å². The monoisotopic (exact) mass is 355 g/mol. The van der Waals surface area contributed by atoms with Crippen LogP contribution >= 0.6 is 0 Å². The summed E-state index contributed by atoms with van der Waals surface area (Å²) in [5.41, 5.74) is 0.612. The Balaban J connectivity index is 2.05. The Kier molecular flexibility index (Phi) is 4.61. The smallest absolute Gasteiger partial charge is 0.341 e. The van der Waals surface area contributed by atoms with Gasteiger partial charge in [0.15, 0.2) is 0 Å². The van der Waals surface area contributed by atoms with Crippen LogP contribution in [0.1, 0.15) is 10.4 Å². The Bertz CT molecular complexity index is 988. The van der Waals surface area contributed by atoms with Gasteiger partial charge in [-0.15, -0.1) is 0 Å². The van der Waals surface area contributed by atoms with Crippen molar-refractivity contribution in [2.24, 2.45) is 0 Å². The molecule has 0 amide bonds. The van der Waals surface area contributed by atoms with E-state index in [1.165, 1.54) is 32.5 Å². The topological polar surface area (TPSA) is 114 Å². The quantitative estimate of drug-likeness (QED) is 0.389. The number of fused-ring (bicyclic) bond motifs is 1. The summed E-state index contributed by atoms with van der Waals surface area (Å²) in [7, 11) is 2.71. The molecule has 9 heteroatoms. The van der Waals surface area contributed by atoms with Gasteiger partial charge in [0.05, 0.1) is 24.7 Å². The van der Waals surface area contributed by atoms with Crippen LogP contribution < -0.4 is 9.47 Å². The van der Waals surface area contributed by atoms with E-state index in [1.54, 1.807) is 18.2 Å². The van der Waals surface area contributed by atoms with E-state index < -0.39 is 10.9 Å². The third-order valence-corrected chi connectivity index (χ3v) is 3.57. The minimum atomic E-state index is -0.563. The summed E-state index contributed by atoms with van der Waals surface area (Å²) in [6.45, 7) is 0. The molecule has 0 aliphatic carbocycles. The maximum Gasteiger partial charge on any atom is 0.341 e. The fourth-order valence-electron chi connectivity index (χ4n) is 2.33. The van der Waals surface area contributed by atoms with Gasteiger partial charge < -0.3 is 14.2 Å². The minimum absolute atomic E-state index is 0.144. The van der Waals surface area contributed by atoms with E-state index in [-0.39, 0.29) is 17.1 Å². The van der Waals surface area contributed by atoms with Crippen LogP contribution in [0.15, 0.2) is 42.7 Å². The first-order valence-corrected chi connectivity index (χ1v) is 7.37. The number of carbonyl (C=O) groups is 1. The van der Waals surface area contributed by atoms with E-state index in [0.29, 0.717) is 22.4 Å². The van der Waals surface area contributed by atoms with E-state index in [1.807, 2.05) is 0 Å². The van der Waals surface area contributed by atoms with Crippen molar-refractivity contribution in [1.29, 1.82) is 0 Å². The fraction of sp³-hybridized carbons (Fsp3) is 0.118. The van der Waals surface area contributed by atoms with Gasteiger partial charge in [0, 0.05) is 29.8 Å². The summed E-state index contributed by atoms with van der Waals surface area (Å²) in [6.07, 6.45) is 2.63. The van der Waals surface area contributed by atoms with Crippen LogP contribution in [0.2, 0.25) is 0 Å². The zero-order valence-corrected chi connectivity index (χ0v) is 13.8. The predicted molar refractivity (Wildman–Crippen MR) is 90.6 cm³/mol. The van der Waals surface area contributed by atoms with E-state index in [0.717, 1.165) is 6.20 Å². The summed E-state index contributed by atoms with van der Waals surface area (Å²) in [6, 6.07) is 7.41. The highest BCUT2D eigenvalue weighted by atomic mass is 16.6. The first-order chi connectivity index (χ1) is 12.5. The zero-order chi connectivity index (χ0) is 18.7. The number of ether oxygens (including phenoxy) is 3. The molecule has 0 fully saturated rings. The number of benzene rings is 1. The van der Waals surface area contributed by atoms with Crippen LogP contribution in [0.4, 0.5) is 5.69 Å². The molecular weight excluding hydrogens is 342 g/mol. The van der Waals surface area contributed by atoms with E-state index in [9.17, 15) is 14.9 Å². The average molecular weight is 355 g/mol. The summed E-state index contributed by atoms with van der Waals surface area (Å²) in [5.74, 6) is 0.303. The summed E-state index contributed by atoms with van der Waals surface area (Å²) < 4.78 is 15.7. The number of nitrogens with zero attached hydrogens (tertiary/aromatic N) is 3. The normalized spacial score (nSPS) is 10.4. The Labute approximate surface area is 147 Å². The maximum atomic E-state index is 12.0. The highest BCUT2D eigenvalue weighted by molar-refractivity contribution is 5.99. The molecule has 3 aromatic rings. The molecule has 0 saturated carbocycles. The van der Waals surface area contributed by atoms with Crippen molar-refractivity contribution in [3.05, 3.63) is 58.4 Å².